The molecule has 1 amide bonds. The second kappa shape index (κ2) is 7.09. The number of hydrogen-bond donors (Lipinski definition) is 1. The normalized spacial score (nSPS) is 11.0. The fraction of sp³-hybridized carbons (Fsp3) is 0.353. The number of carbonyl (C=O) groups excluding carboxylic acids is 1. The Hall–Kier alpha value is -2.63. The van der Waals surface area contributed by atoms with Gasteiger partial charge in [0.25, 0.3) is 5.91 Å². The lowest BCUT2D eigenvalue weighted by atomic mass is 9.84. The first kappa shape index (κ1) is 16.7. The maximum absolute atomic E-state index is 12.1. The van der Waals surface area contributed by atoms with Gasteiger partial charge in [0.2, 0.25) is 0 Å². The molecule has 1 aromatic carbocycles. The van der Waals surface area contributed by atoms with Crippen LogP contribution in [-0.2, 0) is 5.41 Å². The van der Waals surface area contributed by atoms with E-state index in [0.29, 0.717) is 23.7 Å². The van der Waals surface area contributed by atoms with Crippen LogP contribution in [0.15, 0.2) is 36.8 Å². The lowest BCUT2D eigenvalue weighted by Crippen LogP contribution is -2.37. The standard InChI is InChI=1S/C17H21N3O3/c1-17(2,11-20-16(21)13-10-18-7-8-19-13)12-5-6-14(22-3)15(9-12)23-4/h5-10H,11H2,1-4H3,(H,20,21). The number of ether oxygens (including phenoxy) is 2. The van der Waals surface area contributed by atoms with Crippen LogP contribution in [0, 0.1) is 0 Å². The van der Waals surface area contributed by atoms with Crippen LogP contribution in [0.1, 0.15) is 29.9 Å². The number of aromatic nitrogens is 2. The lowest BCUT2D eigenvalue weighted by molar-refractivity contribution is 0.0940. The van der Waals surface area contributed by atoms with Crippen LogP contribution in [0.5, 0.6) is 11.5 Å². The second-order valence-corrected chi connectivity index (χ2v) is 5.73. The molecule has 0 saturated heterocycles. The molecule has 0 saturated carbocycles. The number of rotatable bonds is 6. The van der Waals surface area contributed by atoms with Gasteiger partial charge in [0.05, 0.1) is 20.4 Å². The van der Waals surface area contributed by atoms with E-state index >= 15 is 0 Å². The Labute approximate surface area is 135 Å². The quantitative estimate of drug-likeness (QED) is 0.884. The van der Waals surface area contributed by atoms with Crippen molar-refractivity contribution in [2.24, 2.45) is 0 Å². The van der Waals surface area contributed by atoms with Crippen molar-refractivity contribution >= 4 is 5.91 Å². The number of nitrogens with one attached hydrogen (secondary N) is 1. The molecule has 0 atom stereocenters. The molecule has 1 heterocycles. The molecule has 23 heavy (non-hydrogen) atoms. The van der Waals surface area contributed by atoms with Gasteiger partial charge in [-0.2, -0.15) is 0 Å². The van der Waals surface area contributed by atoms with Crippen LogP contribution in [-0.4, -0.2) is 36.6 Å². The van der Waals surface area contributed by atoms with Gasteiger partial charge in [-0.15, -0.1) is 0 Å². The number of hydrogen-bond acceptors (Lipinski definition) is 5. The van der Waals surface area contributed by atoms with E-state index in [-0.39, 0.29) is 11.3 Å². The Kier molecular flexibility index (Phi) is 5.16. The summed E-state index contributed by atoms with van der Waals surface area (Å²) in [6, 6.07) is 5.75. The minimum Gasteiger partial charge on any atom is -0.493 e. The van der Waals surface area contributed by atoms with E-state index in [4.69, 9.17) is 9.47 Å². The van der Waals surface area contributed by atoms with Gasteiger partial charge in [0.15, 0.2) is 11.5 Å². The van der Waals surface area contributed by atoms with E-state index in [0.717, 1.165) is 5.56 Å². The second-order valence-electron chi connectivity index (χ2n) is 5.73. The number of benzene rings is 1. The molecule has 0 aliphatic rings. The average Bonchev–Trinajstić information content (AvgIpc) is 2.59. The Morgan fingerprint density at radius 1 is 1.17 bits per heavy atom. The van der Waals surface area contributed by atoms with Crippen molar-refractivity contribution in [3.8, 4) is 11.5 Å². The lowest BCUT2D eigenvalue weighted by Gasteiger charge is -2.26. The largest absolute Gasteiger partial charge is 0.493 e. The molecule has 0 spiro atoms. The molecule has 0 radical (unpaired) electrons. The maximum Gasteiger partial charge on any atom is 0.271 e. The molecule has 0 unspecified atom stereocenters. The van der Waals surface area contributed by atoms with E-state index in [2.05, 4.69) is 15.3 Å². The Bertz CT molecular complexity index is 672. The Morgan fingerprint density at radius 3 is 2.52 bits per heavy atom. The fourth-order valence-electron chi connectivity index (χ4n) is 2.17. The van der Waals surface area contributed by atoms with Gasteiger partial charge in [-0.1, -0.05) is 19.9 Å². The molecule has 0 fully saturated rings. The molecule has 1 aromatic heterocycles. The molecule has 1 N–H and O–H groups in total. The van der Waals surface area contributed by atoms with Crippen LogP contribution < -0.4 is 14.8 Å². The van der Waals surface area contributed by atoms with Crippen LogP contribution in [0.2, 0.25) is 0 Å². The van der Waals surface area contributed by atoms with Crippen molar-refractivity contribution in [3.05, 3.63) is 48.0 Å². The van der Waals surface area contributed by atoms with Crippen LogP contribution in [0.25, 0.3) is 0 Å². The van der Waals surface area contributed by atoms with Gasteiger partial charge in [0.1, 0.15) is 5.69 Å². The van der Waals surface area contributed by atoms with E-state index in [1.54, 1.807) is 14.2 Å². The zero-order chi connectivity index (χ0) is 16.9. The molecular formula is C17H21N3O3. The molecule has 122 valence electrons. The van der Waals surface area contributed by atoms with Crippen molar-refractivity contribution in [2.75, 3.05) is 20.8 Å². The predicted octanol–water partition coefficient (Wildman–Crippen LogP) is 2.20. The molecule has 2 aromatic rings. The van der Waals surface area contributed by atoms with Gasteiger partial charge in [-0.3, -0.25) is 9.78 Å². The fourth-order valence-corrected chi connectivity index (χ4v) is 2.17. The highest BCUT2D eigenvalue weighted by Gasteiger charge is 2.23. The summed E-state index contributed by atoms with van der Waals surface area (Å²) in [6.45, 7) is 4.55. The highest BCUT2D eigenvalue weighted by Crippen LogP contribution is 2.32. The number of amides is 1. The summed E-state index contributed by atoms with van der Waals surface area (Å²) in [6.07, 6.45) is 4.47. The third kappa shape index (κ3) is 3.97. The summed E-state index contributed by atoms with van der Waals surface area (Å²) in [7, 11) is 3.20. The van der Waals surface area contributed by atoms with Gasteiger partial charge < -0.3 is 14.8 Å². The first-order valence-corrected chi connectivity index (χ1v) is 7.24. The van der Waals surface area contributed by atoms with Crippen molar-refractivity contribution in [2.45, 2.75) is 19.3 Å². The van der Waals surface area contributed by atoms with Gasteiger partial charge >= 0.3 is 0 Å². The Morgan fingerprint density at radius 2 is 1.91 bits per heavy atom. The zero-order valence-electron chi connectivity index (χ0n) is 13.8. The summed E-state index contributed by atoms with van der Waals surface area (Å²) in [5, 5.41) is 2.89. The van der Waals surface area contributed by atoms with Crippen molar-refractivity contribution in [3.63, 3.8) is 0 Å². The van der Waals surface area contributed by atoms with E-state index in [1.807, 2.05) is 32.0 Å². The van der Waals surface area contributed by atoms with E-state index in [1.165, 1.54) is 18.6 Å². The SMILES string of the molecule is COc1ccc(C(C)(C)CNC(=O)c2cnccn2)cc1OC. The van der Waals surface area contributed by atoms with Crippen molar-refractivity contribution < 1.29 is 14.3 Å². The number of nitrogens with zero attached hydrogens (tertiary/aromatic N) is 2. The molecule has 0 aliphatic carbocycles. The maximum atomic E-state index is 12.1. The monoisotopic (exact) mass is 315 g/mol. The summed E-state index contributed by atoms with van der Waals surface area (Å²) in [5.74, 6) is 1.10. The predicted molar refractivity (Wildman–Crippen MR) is 86.9 cm³/mol. The minimum absolute atomic E-state index is 0.244. The number of methoxy groups -OCH3 is 2. The van der Waals surface area contributed by atoms with Crippen LogP contribution in [0.3, 0.4) is 0 Å². The van der Waals surface area contributed by atoms with Crippen LogP contribution >= 0.6 is 0 Å². The van der Waals surface area contributed by atoms with Gasteiger partial charge in [-0.05, 0) is 17.7 Å². The first-order chi connectivity index (χ1) is 11.0. The van der Waals surface area contributed by atoms with Crippen LogP contribution in [0.4, 0.5) is 0 Å². The highest BCUT2D eigenvalue weighted by atomic mass is 16.5. The van der Waals surface area contributed by atoms with Gasteiger partial charge in [0, 0.05) is 24.4 Å². The average molecular weight is 315 g/mol. The summed E-state index contributed by atoms with van der Waals surface area (Å²) in [5.41, 5.74) is 1.06. The summed E-state index contributed by atoms with van der Waals surface area (Å²) >= 11 is 0. The third-order valence-corrected chi connectivity index (χ3v) is 3.65. The minimum atomic E-state index is -0.280. The topological polar surface area (TPSA) is 73.3 Å². The number of carbonyl (C=O) groups is 1. The molecule has 6 nitrogen and oxygen atoms in total. The van der Waals surface area contributed by atoms with E-state index < -0.39 is 0 Å². The van der Waals surface area contributed by atoms with E-state index in [9.17, 15) is 4.79 Å². The summed E-state index contributed by atoms with van der Waals surface area (Å²) < 4.78 is 10.6. The van der Waals surface area contributed by atoms with Gasteiger partial charge in [-0.25, -0.2) is 4.98 Å². The molecule has 2 rings (SSSR count). The zero-order valence-corrected chi connectivity index (χ0v) is 13.8. The molecule has 6 heteroatoms. The highest BCUT2D eigenvalue weighted by molar-refractivity contribution is 5.91. The Balaban J connectivity index is 2.11. The molecular weight excluding hydrogens is 294 g/mol. The third-order valence-electron chi connectivity index (χ3n) is 3.65. The molecule has 0 bridgehead atoms. The summed E-state index contributed by atoms with van der Waals surface area (Å²) in [4.78, 5) is 20.0. The molecule has 0 aliphatic heterocycles. The smallest absolute Gasteiger partial charge is 0.271 e. The first-order valence-electron chi connectivity index (χ1n) is 7.24. The van der Waals surface area contributed by atoms with Crippen molar-refractivity contribution in [1.29, 1.82) is 0 Å². The van der Waals surface area contributed by atoms with Crippen molar-refractivity contribution in [1.82, 2.24) is 15.3 Å².